The molecule has 0 aliphatic carbocycles. The number of carbonyl (C=O) groups excluding carboxylic acids is 2. The number of benzene rings is 1. The van der Waals surface area contributed by atoms with Gasteiger partial charge in [-0.05, 0) is 44.2 Å². The van der Waals surface area contributed by atoms with Crippen LogP contribution in [-0.4, -0.2) is 30.1 Å². The van der Waals surface area contributed by atoms with Crippen LogP contribution in [0.4, 0.5) is 0 Å². The molecule has 0 unspecified atom stereocenters. The summed E-state index contributed by atoms with van der Waals surface area (Å²) in [4.78, 5) is 24.3. The zero-order valence-corrected chi connectivity index (χ0v) is 14.2. The first-order valence-electron chi connectivity index (χ1n) is 8.31. The molecule has 0 fully saturated rings. The standard InChI is InChI=1S/C19H24O5/c1-13-7-6-10-15(20)9-5-3-4-8-14-11-16(21)12-17(23-2)18(14)19(22)24-13/h4,8,11-13,21H,3,5-7,9-10H2,1-2H3/t13-/m1/s1. The van der Waals surface area contributed by atoms with E-state index in [1.807, 2.05) is 13.0 Å². The van der Waals surface area contributed by atoms with Crippen molar-refractivity contribution in [2.45, 2.75) is 51.6 Å². The summed E-state index contributed by atoms with van der Waals surface area (Å²) in [6, 6.07) is 2.91. The smallest absolute Gasteiger partial charge is 0.342 e. The first kappa shape index (κ1) is 18.0. The van der Waals surface area contributed by atoms with Gasteiger partial charge in [-0.3, -0.25) is 4.79 Å². The van der Waals surface area contributed by atoms with Crippen molar-refractivity contribution in [2.24, 2.45) is 0 Å². The molecule has 0 bridgehead atoms. The number of Topliss-reactive ketones (excluding diaryl/α,β-unsaturated/α-hetero) is 1. The van der Waals surface area contributed by atoms with Crippen LogP contribution in [0.1, 0.15) is 61.4 Å². The minimum absolute atomic E-state index is 0.0207. The fourth-order valence-electron chi connectivity index (χ4n) is 2.77. The van der Waals surface area contributed by atoms with E-state index in [1.165, 1.54) is 19.2 Å². The zero-order chi connectivity index (χ0) is 17.5. The Balaban J connectivity index is 2.36. The van der Waals surface area contributed by atoms with Crippen molar-refractivity contribution in [2.75, 3.05) is 7.11 Å². The van der Waals surface area contributed by atoms with Crippen LogP contribution < -0.4 is 4.74 Å². The van der Waals surface area contributed by atoms with Crippen LogP contribution in [0.2, 0.25) is 0 Å². The Morgan fingerprint density at radius 3 is 2.71 bits per heavy atom. The van der Waals surface area contributed by atoms with E-state index >= 15 is 0 Å². The Labute approximate surface area is 142 Å². The fraction of sp³-hybridized carbons (Fsp3) is 0.474. The molecular weight excluding hydrogens is 308 g/mol. The van der Waals surface area contributed by atoms with Gasteiger partial charge in [-0.2, -0.15) is 0 Å². The topological polar surface area (TPSA) is 72.8 Å². The number of hydrogen-bond donors (Lipinski definition) is 1. The highest BCUT2D eigenvalue weighted by molar-refractivity contribution is 5.97. The maximum Gasteiger partial charge on any atom is 0.342 e. The average Bonchev–Trinajstić information content (AvgIpc) is 2.52. The predicted molar refractivity (Wildman–Crippen MR) is 91.3 cm³/mol. The third-order valence-corrected chi connectivity index (χ3v) is 4.04. The minimum Gasteiger partial charge on any atom is -0.508 e. The molecule has 0 radical (unpaired) electrons. The number of esters is 1. The molecule has 1 aromatic carbocycles. The summed E-state index contributed by atoms with van der Waals surface area (Å²) in [6.45, 7) is 1.82. The van der Waals surface area contributed by atoms with E-state index in [2.05, 4.69) is 0 Å². The lowest BCUT2D eigenvalue weighted by Gasteiger charge is -2.17. The van der Waals surface area contributed by atoms with E-state index < -0.39 is 5.97 Å². The molecule has 1 aliphatic heterocycles. The molecule has 24 heavy (non-hydrogen) atoms. The number of hydrogen-bond acceptors (Lipinski definition) is 5. The Hall–Kier alpha value is -2.30. The maximum absolute atomic E-state index is 12.6. The second kappa shape index (κ2) is 8.52. The number of fused-ring (bicyclic) bond motifs is 1. The van der Waals surface area contributed by atoms with E-state index in [9.17, 15) is 14.7 Å². The van der Waals surface area contributed by atoms with E-state index in [1.54, 1.807) is 6.08 Å². The lowest BCUT2D eigenvalue weighted by molar-refractivity contribution is -0.119. The molecule has 5 nitrogen and oxygen atoms in total. The Morgan fingerprint density at radius 2 is 1.96 bits per heavy atom. The van der Waals surface area contributed by atoms with Gasteiger partial charge in [-0.1, -0.05) is 12.2 Å². The quantitative estimate of drug-likeness (QED) is 0.790. The van der Waals surface area contributed by atoms with Gasteiger partial charge >= 0.3 is 5.97 Å². The van der Waals surface area contributed by atoms with Gasteiger partial charge < -0.3 is 14.6 Å². The number of phenols is 1. The van der Waals surface area contributed by atoms with Gasteiger partial charge in [0.15, 0.2) is 0 Å². The average molecular weight is 332 g/mol. The van der Waals surface area contributed by atoms with Gasteiger partial charge in [0, 0.05) is 18.9 Å². The first-order valence-corrected chi connectivity index (χ1v) is 8.31. The summed E-state index contributed by atoms with van der Waals surface area (Å²) in [6.07, 6.45) is 7.33. The van der Waals surface area contributed by atoms with Gasteiger partial charge in [-0.25, -0.2) is 4.79 Å². The normalized spacial score (nSPS) is 20.0. The molecule has 1 atom stereocenters. The van der Waals surface area contributed by atoms with Crippen molar-refractivity contribution in [1.82, 2.24) is 0 Å². The highest BCUT2D eigenvalue weighted by Gasteiger charge is 2.21. The molecule has 1 heterocycles. The summed E-state index contributed by atoms with van der Waals surface area (Å²) >= 11 is 0. The van der Waals surface area contributed by atoms with Crippen molar-refractivity contribution in [3.8, 4) is 11.5 Å². The van der Waals surface area contributed by atoms with Gasteiger partial charge in [0.25, 0.3) is 0 Å². The molecule has 0 amide bonds. The van der Waals surface area contributed by atoms with Crippen molar-refractivity contribution < 1.29 is 24.2 Å². The zero-order valence-electron chi connectivity index (χ0n) is 14.2. The SMILES string of the molecule is COc1cc(O)cc2c1C(=O)O[C@H](C)CCCC(=O)CCCC=C2. The fourth-order valence-corrected chi connectivity index (χ4v) is 2.77. The van der Waals surface area contributed by atoms with E-state index in [0.29, 0.717) is 36.8 Å². The first-order chi connectivity index (χ1) is 11.5. The number of aromatic hydroxyl groups is 1. The predicted octanol–water partition coefficient (Wildman–Crippen LogP) is 3.88. The molecule has 5 heteroatoms. The second-order valence-corrected chi connectivity index (χ2v) is 6.05. The largest absolute Gasteiger partial charge is 0.508 e. The van der Waals surface area contributed by atoms with Crippen molar-refractivity contribution in [3.05, 3.63) is 29.3 Å². The molecule has 1 aliphatic rings. The molecular formula is C19H24O5. The molecule has 0 spiro atoms. The van der Waals surface area contributed by atoms with Crippen molar-refractivity contribution >= 4 is 17.8 Å². The van der Waals surface area contributed by atoms with Crippen LogP contribution in [0.25, 0.3) is 6.08 Å². The molecule has 0 saturated heterocycles. The third-order valence-electron chi connectivity index (χ3n) is 4.04. The van der Waals surface area contributed by atoms with Crippen molar-refractivity contribution in [1.29, 1.82) is 0 Å². The monoisotopic (exact) mass is 332 g/mol. The number of ketones is 1. The Morgan fingerprint density at radius 1 is 1.21 bits per heavy atom. The number of rotatable bonds is 1. The number of ether oxygens (including phenoxy) is 2. The van der Waals surface area contributed by atoms with E-state index in [-0.39, 0.29) is 23.4 Å². The summed E-state index contributed by atoms with van der Waals surface area (Å²) in [5, 5.41) is 9.83. The number of phenolic OH excluding ortho intramolecular Hbond substituents is 1. The molecule has 0 saturated carbocycles. The van der Waals surface area contributed by atoms with Crippen LogP contribution in [0, 0.1) is 0 Å². The number of cyclic esters (lactones) is 1. The van der Waals surface area contributed by atoms with Gasteiger partial charge in [0.05, 0.1) is 13.2 Å². The van der Waals surface area contributed by atoms with Gasteiger partial charge in [-0.15, -0.1) is 0 Å². The Kier molecular flexibility index (Phi) is 6.41. The summed E-state index contributed by atoms with van der Waals surface area (Å²) in [5.74, 6) is 0.0719. The molecule has 1 aromatic rings. The number of carbonyl (C=O) groups is 2. The van der Waals surface area contributed by atoms with Crippen molar-refractivity contribution in [3.63, 3.8) is 0 Å². The summed E-state index contributed by atoms with van der Waals surface area (Å²) in [5.41, 5.74) is 0.860. The third kappa shape index (κ3) is 4.85. The Bertz CT molecular complexity index is 633. The molecule has 130 valence electrons. The lowest BCUT2D eigenvalue weighted by Crippen LogP contribution is -2.17. The van der Waals surface area contributed by atoms with Crippen LogP contribution in [0.3, 0.4) is 0 Å². The highest BCUT2D eigenvalue weighted by atomic mass is 16.5. The molecule has 2 rings (SSSR count). The highest BCUT2D eigenvalue weighted by Crippen LogP contribution is 2.30. The lowest BCUT2D eigenvalue weighted by atomic mass is 10.0. The van der Waals surface area contributed by atoms with E-state index in [4.69, 9.17) is 9.47 Å². The van der Waals surface area contributed by atoms with Gasteiger partial charge in [0.2, 0.25) is 0 Å². The van der Waals surface area contributed by atoms with Crippen LogP contribution >= 0.6 is 0 Å². The van der Waals surface area contributed by atoms with E-state index in [0.717, 1.165) is 12.8 Å². The van der Waals surface area contributed by atoms with Gasteiger partial charge in [0.1, 0.15) is 22.8 Å². The number of allylic oxidation sites excluding steroid dienone is 1. The minimum atomic E-state index is -0.484. The van der Waals surface area contributed by atoms with Crippen LogP contribution in [0.15, 0.2) is 18.2 Å². The van der Waals surface area contributed by atoms with Crippen LogP contribution in [0.5, 0.6) is 11.5 Å². The molecule has 0 aromatic heterocycles. The summed E-state index contributed by atoms with van der Waals surface area (Å²) < 4.78 is 10.7. The number of methoxy groups -OCH3 is 1. The molecule has 1 N–H and O–H groups in total. The van der Waals surface area contributed by atoms with Crippen LogP contribution in [-0.2, 0) is 9.53 Å². The second-order valence-electron chi connectivity index (χ2n) is 6.05. The maximum atomic E-state index is 12.6. The summed E-state index contributed by atoms with van der Waals surface area (Å²) in [7, 11) is 1.45.